The fourth-order valence-corrected chi connectivity index (χ4v) is 2.41. The van der Waals surface area contributed by atoms with E-state index in [1.54, 1.807) is 12.3 Å². The van der Waals surface area contributed by atoms with Crippen molar-refractivity contribution in [3.05, 3.63) is 57.9 Å². The summed E-state index contributed by atoms with van der Waals surface area (Å²) in [5, 5.41) is 5.65. The van der Waals surface area contributed by atoms with Crippen LogP contribution in [0.15, 0.2) is 53.8 Å². The molecule has 0 N–H and O–H groups in total. The van der Waals surface area contributed by atoms with Crippen molar-refractivity contribution < 1.29 is 9.53 Å². The van der Waals surface area contributed by atoms with Crippen molar-refractivity contribution in [2.24, 2.45) is 5.10 Å². The second kappa shape index (κ2) is 5.58. The van der Waals surface area contributed by atoms with Gasteiger partial charge in [0.25, 0.3) is 11.8 Å². The third-order valence-electron chi connectivity index (χ3n) is 2.72. The van der Waals surface area contributed by atoms with Crippen molar-refractivity contribution in [1.29, 1.82) is 0 Å². The standard InChI is InChI=1S/C14H10IN3O2/c15-10-5-1-2-7-12(10)18-13(19)9-20-14(17-18)11-6-3-4-8-16-11/h1-8H,9H2. The summed E-state index contributed by atoms with van der Waals surface area (Å²) in [4.78, 5) is 16.2. The van der Waals surface area contributed by atoms with Crippen LogP contribution < -0.4 is 5.01 Å². The number of hydrazone groups is 1. The Balaban J connectivity index is 2.02. The van der Waals surface area contributed by atoms with Gasteiger partial charge in [-0.1, -0.05) is 18.2 Å². The van der Waals surface area contributed by atoms with E-state index in [2.05, 4.69) is 32.7 Å². The summed E-state index contributed by atoms with van der Waals surface area (Å²) in [6.45, 7) is -0.0413. The smallest absolute Gasteiger partial charge is 0.285 e. The fourth-order valence-electron chi connectivity index (χ4n) is 1.79. The van der Waals surface area contributed by atoms with Gasteiger partial charge in [0.2, 0.25) is 0 Å². The minimum absolute atomic E-state index is 0.0413. The highest BCUT2D eigenvalue weighted by atomic mass is 127. The van der Waals surface area contributed by atoms with Crippen LogP contribution in [0.2, 0.25) is 0 Å². The van der Waals surface area contributed by atoms with Crippen LogP contribution in [0.4, 0.5) is 5.69 Å². The first-order chi connectivity index (χ1) is 9.75. The van der Waals surface area contributed by atoms with E-state index in [9.17, 15) is 4.79 Å². The highest BCUT2D eigenvalue weighted by Crippen LogP contribution is 2.24. The van der Waals surface area contributed by atoms with Crippen LogP contribution in [-0.4, -0.2) is 23.4 Å². The molecule has 1 aromatic carbocycles. The van der Waals surface area contributed by atoms with Crippen LogP contribution in [0, 0.1) is 3.57 Å². The van der Waals surface area contributed by atoms with E-state index in [1.165, 1.54) is 5.01 Å². The number of pyridine rings is 1. The molecule has 100 valence electrons. The predicted molar refractivity (Wildman–Crippen MR) is 83.4 cm³/mol. The van der Waals surface area contributed by atoms with Crippen molar-refractivity contribution in [3.8, 4) is 0 Å². The molecule has 1 aliphatic rings. The molecule has 1 aromatic heterocycles. The molecule has 1 aliphatic heterocycles. The minimum Gasteiger partial charge on any atom is -0.465 e. The van der Waals surface area contributed by atoms with Crippen molar-refractivity contribution in [2.75, 3.05) is 11.6 Å². The number of carbonyl (C=O) groups is 1. The lowest BCUT2D eigenvalue weighted by molar-refractivity contribution is -0.121. The number of rotatable bonds is 2. The molecule has 5 nitrogen and oxygen atoms in total. The van der Waals surface area contributed by atoms with Crippen molar-refractivity contribution in [1.82, 2.24) is 4.98 Å². The van der Waals surface area contributed by atoms with Gasteiger partial charge >= 0.3 is 0 Å². The molecular formula is C14H10IN3O2. The molecule has 0 bridgehead atoms. The SMILES string of the molecule is O=C1COC(c2ccccn2)=NN1c1ccccc1I. The zero-order chi connectivity index (χ0) is 13.9. The minimum atomic E-state index is -0.200. The molecule has 2 heterocycles. The molecule has 0 radical (unpaired) electrons. The van der Waals surface area contributed by atoms with Gasteiger partial charge in [0, 0.05) is 9.77 Å². The second-order valence-electron chi connectivity index (χ2n) is 4.07. The second-order valence-corrected chi connectivity index (χ2v) is 5.23. The summed E-state index contributed by atoms with van der Waals surface area (Å²) in [7, 11) is 0. The van der Waals surface area contributed by atoms with Gasteiger partial charge in [-0.25, -0.2) is 0 Å². The molecular weight excluding hydrogens is 369 g/mol. The number of para-hydroxylation sites is 1. The molecule has 0 fully saturated rings. The summed E-state index contributed by atoms with van der Waals surface area (Å²) in [6, 6.07) is 13.0. The first-order valence-corrected chi connectivity index (χ1v) is 7.04. The van der Waals surface area contributed by atoms with Gasteiger partial charge in [0.05, 0.1) is 5.69 Å². The molecule has 1 amide bonds. The number of anilines is 1. The molecule has 0 aliphatic carbocycles. The summed E-state index contributed by atoms with van der Waals surface area (Å²) < 4.78 is 6.31. The van der Waals surface area contributed by atoms with Gasteiger partial charge in [-0.15, -0.1) is 5.10 Å². The van der Waals surface area contributed by atoms with Crippen LogP contribution >= 0.6 is 22.6 Å². The Morgan fingerprint density at radius 2 is 1.95 bits per heavy atom. The highest BCUT2D eigenvalue weighted by molar-refractivity contribution is 14.1. The Kier molecular flexibility index (Phi) is 3.64. The monoisotopic (exact) mass is 379 g/mol. The van der Waals surface area contributed by atoms with Gasteiger partial charge in [0.1, 0.15) is 5.69 Å². The van der Waals surface area contributed by atoms with E-state index in [-0.39, 0.29) is 12.5 Å². The fraction of sp³-hybridized carbons (Fsp3) is 0.0714. The number of carbonyl (C=O) groups excluding carboxylic acids is 1. The number of hydrogen-bond acceptors (Lipinski definition) is 4. The third-order valence-corrected chi connectivity index (χ3v) is 3.64. The van der Waals surface area contributed by atoms with Gasteiger partial charge < -0.3 is 4.74 Å². The summed E-state index contributed by atoms with van der Waals surface area (Å²) in [5.74, 6) is 0.152. The van der Waals surface area contributed by atoms with Crippen LogP contribution in [0.25, 0.3) is 0 Å². The first-order valence-electron chi connectivity index (χ1n) is 5.96. The maximum Gasteiger partial charge on any atom is 0.285 e. The van der Waals surface area contributed by atoms with E-state index in [0.717, 1.165) is 9.26 Å². The zero-order valence-corrected chi connectivity index (χ0v) is 12.5. The first kappa shape index (κ1) is 13.0. The maximum atomic E-state index is 12.0. The number of benzene rings is 1. The summed E-state index contributed by atoms with van der Waals surface area (Å²) in [5.41, 5.74) is 1.35. The lowest BCUT2D eigenvalue weighted by atomic mass is 10.3. The summed E-state index contributed by atoms with van der Waals surface area (Å²) in [6.07, 6.45) is 1.66. The average Bonchev–Trinajstić information content (AvgIpc) is 2.49. The molecule has 0 spiro atoms. The number of nitrogens with zero attached hydrogens (tertiary/aromatic N) is 3. The molecule has 2 aromatic rings. The normalized spacial score (nSPS) is 14.8. The van der Waals surface area contributed by atoms with Crippen molar-refractivity contribution in [2.45, 2.75) is 0 Å². The number of hydrogen-bond donors (Lipinski definition) is 0. The Labute approximate surface area is 129 Å². The van der Waals surface area contributed by atoms with Gasteiger partial charge in [-0.05, 0) is 46.9 Å². The van der Waals surface area contributed by atoms with E-state index in [0.29, 0.717) is 11.6 Å². The lowest BCUT2D eigenvalue weighted by Gasteiger charge is -2.24. The molecule has 20 heavy (non-hydrogen) atoms. The third kappa shape index (κ3) is 2.51. The Morgan fingerprint density at radius 1 is 1.15 bits per heavy atom. The average molecular weight is 379 g/mol. The molecule has 3 rings (SSSR count). The Morgan fingerprint density at radius 3 is 2.70 bits per heavy atom. The van der Waals surface area contributed by atoms with E-state index in [1.807, 2.05) is 36.4 Å². The predicted octanol–water partition coefficient (Wildman–Crippen LogP) is 2.41. The summed E-state index contributed by atoms with van der Waals surface area (Å²) >= 11 is 2.17. The van der Waals surface area contributed by atoms with Crippen molar-refractivity contribution >= 4 is 40.1 Å². The van der Waals surface area contributed by atoms with Crippen LogP contribution in [0.1, 0.15) is 5.69 Å². The number of halogens is 1. The number of ether oxygens (including phenoxy) is 1. The van der Waals surface area contributed by atoms with Gasteiger partial charge in [-0.3, -0.25) is 9.78 Å². The quantitative estimate of drug-likeness (QED) is 0.754. The molecule has 0 saturated carbocycles. The molecule has 0 saturated heterocycles. The molecule has 0 atom stereocenters. The number of aromatic nitrogens is 1. The van der Waals surface area contributed by atoms with Crippen LogP contribution in [-0.2, 0) is 9.53 Å². The van der Waals surface area contributed by atoms with E-state index in [4.69, 9.17) is 4.74 Å². The van der Waals surface area contributed by atoms with Crippen molar-refractivity contribution in [3.63, 3.8) is 0 Å². The molecule has 6 heteroatoms. The van der Waals surface area contributed by atoms with Gasteiger partial charge in [-0.2, -0.15) is 5.01 Å². The number of amides is 1. The van der Waals surface area contributed by atoms with E-state index < -0.39 is 0 Å². The Hall–Kier alpha value is -1.96. The highest BCUT2D eigenvalue weighted by Gasteiger charge is 2.25. The maximum absolute atomic E-state index is 12.0. The van der Waals surface area contributed by atoms with Crippen LogP contribution in [0.5, 0.6) is 0 Å². The zero-order valence-electron chi connectivity index (χ0n) is 10.4. The largest absolute Gasteiger partial charge is 0.465 e. The Bertz CT molecular complexity index is 673. The lowest BCUT2D eigenvalue weighted by Crippen LogP contribution is -2.37. The van der Waals surface area contributed by atoms with Crippen LogP contribution in [0.3, 0.4) is 0 Å². The van der Waals surface area contributed by atoms with Gasteiger partial charge in [0.15, 0.2) is 6.61 Å². The topological polar surface area (TPSA) is 54.8 Å². The van der Waals surface area contributed by atoms with E-state index >= 15 is 0 Å². The molecule has 0 unspecified atom stereocenters.